The number of esters is 1. The Labute approximate surface area is 325 Å². The van der Waals surface area contributed by atoms with Crippen LogP contribution in [0.1, 0.15) is 115 Å². The van der Waals surface area contributed by atoms with E-state index in [1.54, 1.807) is 50.8 Å². The molecular formula is C41H59N5O9. The quantitative estimate of drug-likeness (QED) is 0.0870. The van der Waals surface area contributed by atoms with Gasteiger partial charge >= 0.3 is 18.2 Å². The minimum absolute atomic E-state index is 0.0215. The molecule has 2 aromatic rings. The van der Waals surface area contributed by atoms with Crippen LogP contribution in [0.5, 0.6) is 0 Å². The third-order valence-corrected chi connectivity index (χ3v) is 8.32. The molecular weight excluding hydrogens is 706 g/mol. The number of amides is 5. The first kappa shape index (κ1) is 44.3. The third kappa shape index (κ3) is 16.0. The number of benzene rings is 2. The van der Waals surface area contributed by atoms with Gasteiger partial charge in [0, 0.05) is 31.7 Å². The van der Waals surface area contributed by atoms with E-state index in [1.165, 1.54) is 4.90 Å². The Hall–Kier alpha value is -5.14. The van der Waals surface area contributed by atoms with Gasteiger partial charge in [-0.25, -0.2) is 9.59 Å². The van der Waals surface area contributed by atoms with E-state index in [4.69, 9.17) is 14.2 Å². The maximum Gasteiger partial charge on any atom is 0.407 e. The first-order valence-corrected chi connectivity index (χ1v) is 19.2. The molecule has 55 heavy (non-hydrogen) atoms. The molecule has 0 fully saturated rings. The van der Waals surface area contributed by atoms with Crippen LogP contribution in [0.15, 0.2) is 42.5 Å². The summed E-state index contributed by atoms with van der Waals surface area (Å²) in [7, 11) is 0. The Morgan fingerprint density at radius 2 is 1.42 bits per heavy atom. The van der Waals surface area contributed by atoms with Crippen molar-refractivity contribution in [2.45, 2.75) is 118 Å². The minimum atomic E-state index is -0.623. The molecule has 302 valence electrons. The van der Waals surface area contributed by atoms with Crippen molar-refractivity contribution in [3.05, 3.63) is 59.2 Å². The maximum atomic E-state index is 14.0. The van der Waals surface area contributed by atoms with E-state index < -0.39 is 29.4 Å². The van der Waals surface area contributed by atoms with Gasteiger partial charge in [-0.05, 0) is 103 Å². The first-order valence-electron chi connectivity index (χ1n) is 19.2. The molecule has 1 aliphatic heterocycles. The summed E-state index contributed by atoms with van der Waals surface area (Å²) in [6.45, 7) is 13.3. The summed E-state index contributed by atoms with van der Waals surface area (Å²) < 4.78 is 15.6. The summed E-state index contributed by atoms with van der Waals surface area (Å²) >= 11 is 0. The molecule has 1 aliphatic rings. The highest BCUT2D eigenvalue weighted by Crippen LogP contribution is 2.31. The standard InChI is InChI=1S/C41H59N5O9/c1-8-53-36(49)22-25-45-28-35(48)46(27-30-17-12-13-18-32(30)44-34(47)19-15-24-43-39(52)55-41(5,6)7)33-21-20-29(26-31(33)37(45)50)16-11-9-10-14-23-42-38(51)54-40(2,3)4/h12-13,17-18,20-21,26H,8-11,14-16,19,22-25,27-28H2,1-7H3,(H,42,51)(H,43,52)(H,44,47). The summed E-state index contributed by atoms with van der Waals surface area (Å²) in [5, 5.41) is 8.36. The fraction of sp³-hybridized carbons (Fsp3) is 0.561. The van der Waals surface area contributed by atoms with Crippen molar-refractivity contribution in [2.75, 3.05) is 43.0 Å². The number of para-hydroxylation sites is 1. The van der Waals surface area contributed by atoms with E-state index in [1.807, 2.05) is 45.0 Å². The largest absolute Gasteiger partial charge is 0.466 e. The van der Waals surface area contributed by atoms with Crippen molar-refractivity contribution < 1.29 is 43.0 Å². The van der Waals surface area contributed by atoms with Crippen LogP contribution < -0.4 is 20.9 Å². The Bertz CT molecular complexity index is 1650. The molecule has 0 bridgehead atoms. The molecule has 3 rings (SSSR count). The zero-order valence-corrected chi connectivity index (χ0v) is 33.5. The topological polar surface area (TPSA) is 173 Å². The molecule has 14 nitrogen and oxygen atoms in total. The SMILES string of the molecule is CCOC(=O)CCN1CC(=O)N(Cc2ccccc2NC(=O)CCCNC(=O)OC(C)(C)C)c2ccc(CCCCCCNC(=O)OC(C)(C)C)cc2C1=O. The van der Waals surface area contributed by atoms with Gasteiger partial charge in [0.05, 0.1) is 30.8 Å². The number of nitrogens with zero attached hydrogens (tertiary/aromatic N) is 2. The van der Waals surface area contributed by atoms with Crippen molar-refractivity contribution in [1.82, 2.24) is 15.5 Å². The van der Waals surface area contributed by atoms with Crippen molar-refractivity contribution in [1.29, 1.82) is 0 Å². The fourth-order valence-corrected chi connectivity index (χ4v) is 5.81. The Morgan fingerprint density at radius 1 is 0.782 bits per heavy atom. The van der Waals surface area contributed by atoms with Crippen LogP contribution in [0, 0.1) is 0 Å². The smallest absolute Gasteiger partial charge is 0.407 e. The van der Waals surface area contributed by atoms with Crippen molar-refractivity contribution in [3.63, 3.8) is 0 Å². The number of carbonyl (C=O) groups is 6. The molecule has 0 saturated heterocycles. The molecule has 0 radical (unpaired) electrons. The number of hydrogen-bond acceptors (Lipinski definition) is 9. The summed E-state index contributed by atoms with van der Waals surface area (Å²) in [6.07, 6.45) is 3.70. The summed E-state index contributed by atoms with van der Waals surface area (Å²) in [4.78, 5) is 79.8. The van der Waals surface area contributed by atoms with Gasteiger partial charge in [0.25, 0.3) is 5.91 Å². The predicted molar refractivity (Wildman–Crippen MR) is 210 cm³/mol. The lowest BCUT2D eigenvalue weighted by Crippen LogP contribution is -2.40. The van der Waals surface area contributed by atoms with Gasteiger partial charge in [0.1, 0.15) is 17.7 Å². The highest BCUT2D eigenvalue weighted by atomic mass is 16.6. The third-order valence-electron chi connectivity index (χ3n) is 8.32. The van der Waals surface area contributed by atoms with Crippen LogP contribution >= 0.6 is 0 Å². The van der Waals surface area contributed by atoms with Gasteiger partial charge in [-0.3, -0.25) is 19.2 Å². The van der Waals surface area contributed by atoms with Gasteiger partial charge in [0.2, 0.25) is 11.8 Å². The molecule has 14 heteroatoms. The number of nitrogens with one attached hydrogen (secondary N) is 3. The van der Waals surface area contributed by atoms with Crippen LogP contribution in [-0.4, -0.2) is 84.8 Å². The number of unbranched alkanes of at least 4 members (excludes halogenated alkanes) is 3. The van der Waals surface area contributed by atoms with E-state index in [0.717, 1.165) is 31.2 Å². The average Bonchev–Trinajstić information content (AvgIpc) is 3.18. The maximum absolute atomic E-state index is 14.0. The number of fused-ring (bicyclic) bond motifs is 1. The van der Waals surface area contributed by atoms with E-state index in [0.29, 0.717) is 41.9 Å². The van der Waals surface area contributed by atoms with Crippen molar-refractivity contribution in [2.24, 2.45) is 0 Å². The fourth-order valence-electron chi connectivity index (χ4n) is 5.81. The van der Waals surface area contributed by atoms with E-state index in [-0.39, 0.29) is 63.3 Å². The van der Waals surface area contributed by atoms with E-state index in [2.05, 4.69) is 16.0 Å². The normalized spacial score (nSPS) is 13.1. The molecule has 3 N–H and O–H groups in total. The van der Waals surface area contributed by atoms with Crippen LogP contribution in [0.4, 0.5) is 21.0 Å². The lowest BCUT2D eigenvalue weighted by atomic mass is 10.0. The second-order valence-electron chi connectivity index (χ2n) is 15.4. The summed E-state index contributed by atoms with van der Waals surface area (Å²) in [5.41, 5.74) is 1.76. The van der Waals surface area contributed by atoms with Gasteiger partial charge < -0.3 is 40.0 Å². The molecule has 2 aromatic carbocycles. The minimum Gasteiger partial charge on any atom is -0.466 e. The second kappa shape index (κ2) is 21.1. The van der Waals surface area contributed by atoms with E-state index in [9.17, 15) is 28.8 Å². The van der Waals surface area contributed by atoms with Crippen LogP contribution in [0.2, 0.25) is 0 Å². The average molecular weight is 766 g/mol. The molecule has 0 aromatic heterocycles. The van der Waals surface area contributed by atoms with Gasteiger partial charge in [-0.1, -0.05) is 37.1 Å². The van der Waals surface area contributed by atoms with Gasteiger partial charge in [-0.15, -0.1) is 0 Å². The number of rotatable bonds is 18. The molecule has 5 amide bonds. The molecule has 0 saturated carbocycles. The van der Waals surface area contributed by atoms with Crippen LogP contribution in [-0.2, 0) is 41.6 Å². The lowest BCUT2D eigenvalue weighted by molar-refractivity contribution is -0.143. The predicted octanol–water partition coefficient (Wildman–Crippen LogP) is 6.50. The molecule has 1 heterocycles. The molecule has 0 spiro atoms. The number of anilines is 2. The Balaban J connectivity index is 1.71. The number of alkyl carbamates (subject to hydrolysis) is 2. The number of hydrogen-bond donors (Lipinski definition) is 3. The second-order valence-corrected chi connectivity index (χ2v) is 15.4. The molecule has 0 aliphatic carbocycles. The zero-order valence-electron chi connectivity index (χ0n) is 33.5. The van der Waals surface area contributed by atoms with Crippen molar-refractivity contribution >= 4 is 47.3 Å². The molecule has 0 atom stereocenters. The first-order chi connectivity index (χ1) is 26.0. The van der Waals surface area contributed by atoms with Crippen LogP contribution in [0.3, 0.4) is 0 Å². The van der Waals surface area contributed by atoms with E-state index >= 15 is 0 Å². The zero-order chi connectivity index (χ0) is 40.6. The Kier molecular flexibility index (Phi) is 17.0. The number of ether oxygens (including phenoxy) is 3. The summed E-state index contributed by atoms with van der Waals surface area (Å²) in [5.74, 6) is -1.40. The van der Waals surface area contributed by atoms with Gasteiger partial charge in [0.15, 0.2) is 0 Å². The number of aryl methyl sites for hydroxylation is 1. The highest BCUT2D eigenvalue weighted by molar-refractivity contribution is 6.10. The Morgan fingerprint density at radius 3 is 2.07 bits per heavy atom. The summed E-state index contributed by atoms with van der Waals surface area (Å²) in [6, 6.07) is 12.7. The lowest BCUT2D eigenvalue weighted by Gasteiger charge is -2.24. The number of carbonyl (C=O) groups excluding carboxylic acids is 6. The van der Waals surface area contributed by atoms with Gasteiger partial charge in [-0.2, -0.15) is 0 Å². The van der Waals surface area contributed by atoms with Crippen molar-refractivity contribution in [3.8, 4) is 0 Å². The highest BCUT2D eigenvalue weighted by Gasteiger charge is 2.32. The monoisotopic (exact) mass is 765 g/mol. The molecule has 0 unspecified atom stereocenters. The van der Waals surface area contributed by atoms with Crippen LogP contribution in [0.25, 0.3) is 0 Å².